The summed E-state index contributed by atoms with van der Waals surface area (Å²) in [4.78, 5) is 10.3. The summed E-state index contributed by atoms with van der Waals surface area (Å²) in [5.41, 5.74) is 9.84. The van der Waals surface area contributed by atoms with E-state index >= 15 is 0 Å². The van der Waals surface area contributed by atoms with Crippen molar-refractivity contribution in [2.45, 2.75) is 37.5 Å². The number of nitrogens with one attached hydrogen (secondary N) is 1. The topological polar surface area (TPSA) is 73.1 Å². The van der Waals surface area contributed by atoms with E-state index in [9.17, 15) is 0 Å². The molecule has 0 amide bonds. The Bertz CT molecular complexity index is 988. The maximum absolute atomic E-state index is 5.98. The second-order valence-corrected chi connectivity index (χ2v) is 8.57. The Balaban J connectivity index is 1.63. The minimum atomic E-state index is 0.398. The first-order valence-corrected chi connectivity index (χ1v) is 10.8. The molecule has 0 bridgehead atoms. The van der Waals surface area contributed by atoms with Gasteiger partial charge in [0.1, 0.15) is 0 Å². The van der Waals surface area contributed by atoms with Gasteiger partial charge in [0, 0.05) is 22.2 Å². The van der Waals surface area contributed by atoms with Gasteiger partial charge in [-0.1, -0.05) is 44.2 Å². The summed E-state index contributed by atoms with van der Waals surface area (Å²) in [7, 11) is 0. The molecule has 0 aliphatic heterocycles. The minimum absolute atomic E-state index is 0.398. The molecule has 3 aromatic rings. The third-order valence-corrected chi connectivity index (χ3v) is 5.62. The fourth-order valence-electron chi connectivity index (χ4n) is 3.09. The number of nitrogen functional groups attached to an aromatic ring is 1. The van der Waals surface area contributed by atoms with Gasteiger partial charge in [-0.3, -0.25) is 4.72 Å². The second-order valence-electron chi connectivity index (χ2n) is 7.69. The van der Waals surface area contributed by atoms with Gasteiger partial charge in [-0.25, -0.2) is 4.98 Å². The highest BCUT2D eigenvalue weighted by Crippen LogP contribution is 2.33. The van der Waals surface area contributed by atoms with E-state index < -0.39 is 0 Å². The quantitative estimate of drug-likeness (QED) is 0.366. The Kier molecular flexibility index (Phi) is 5.90. The molecule has 5 nitrogen and oxygen atoms in total. The summed E-state index contributed by atoms with van der Waals surface area (Å²) in [5.74, 6) is 2.19. The molecule has 1 heterocycles. The van der Waals surface area contributed by atoms with E-state index in [0.29, 0.717) is 30.3 Å². The molecule has 2 aromatic carbocycles. The van der Waals surface area contributed by atoms with Crippen molar-refractivity contribution in [3.63, 3.8) is 0 Å². The smallest absolute Gasteiger partial charge is 0.237 e. The van der Waals surface area contributed by atoms with Gasteiger partial charge < -0.3 is 10.5 Å². The van der Waals surface area contributed by atoms with Gasteiger partial charge in [-0.05, 0) is 60.4 Å². The SMILES string of the molecule is CC(C)c1ccccc1-c1cc(OCC2CC2)nc(NSc2cccc(N)c2)n1. The monoisotopic (exact) mass is 406 g/mol. The van der Waals surface area contributed by atoms with Crippen LogP contribution in [-0.4, -0.2) is 16.6 Å². The number of anilines is 2. The molecule has 4 rings (SSSR count). The Morgan fingerprint density at radius 1 is 1.10 bits per heavy atom. The highest BCUT2D eigenvalue weighted by Gasteiger charge is 2.22. The summed E-state index contributed by atoms with van der Waals surface area (Å²) in [6, 6.07) is 18.0. The van der Waals surface area contributed by atoms with Crippen LogP contribution in [0.1, 0.15) is 38.2 Å². The molecule has 0 unspecified atom stereocenters. The lowest BCUT2D eigenvalue weighted by Crippen LogP contribution is -2.05. The van der Waals surface area contributed by atoms with Crippen LogP contribution in [0.25, 0.3) is 11.3 Å². The van der Waals surface area contributed by atoms with Crippen LogP contribution in [0.3, 0.4) is 0 Å². The minimum Gasteiger partial charge on any atom is -0.477 e. The number of rotatable bonds is 8. The van der Waals surface area contributed by atoms with Crippen molar-refractivity contribution in [2.24, 2.45) is 5.92 Å². The van der Waals surface area contributed by atoms with E-state index in [-0.39, 0.29) is 0 Å². The average Bonchev–Trinajstić information content (AvgIpc) is 3.55. The molecule has 1 fully saturated rings. The van der Waals surface area contributed by atoms with Gasteiger partial charge in [-0.15, -0.1) is 0 Å². The summed E-state index contributed by atoms with van der Waals surface area (Å²) >= 11 is 1.44. The van der Waals surface area contributed by atoms with Crippen molar-refractivity contribution in [3.05, 3.63) is 60.2 Å². The van der Waals surface area contributed by atoms with E-state index in [4.69, 9.17) is 15.5 Å². The Hall–Kier alpha value is -2.73. The van der Waals surface area contributed by atoms with Crippen molar-refractivity contribution in [2.75, 3.05) is 17.1 Å². The summed E-state index contributed by atoms with van der Waals surface area (Å²) < 4.78 is 9.23. The van der Waals surface area contributed by atoms with Crippen molar-refractivity contribution in [3.8, 4) is 17.1 Å². The fourth-order valence-corrected chi connectivity index (χ4v) is 3.73. The zero-order chi connectivity index (χ0) is 20.2. The van der Waals surface area contributed by atoms with Crippen LogP contribution in [0, 0.1) is 5.92 Å². The highest BCUT2D eigenvalue weighted by molar-refractivity contribution is 8.00. The van der Waals surface area contributed by atoms with E-state index in [1.807, 2.05) is 36.4 Å². The molecular formula is C23H26N4OS. The van der Waals surface area contributed by atoms with Gasteiger partial charge in [0.05, 0.1) is 12.3 Å². The Labute approximate surface area is 176 Å². The molecule has 1 aliphatic carbocycles. The van der Waals surface area contributed by atoms with Crippen LogP contribution in [0.5, 0.6) is 5.88 Å². The second kappa shape index (κ2) is 8.74. The molecule has 1 saturated carbocycles. The Morgan fingerprint density at radius 2 is 1.93 bits per heavy atom. The molecule has 29 heavy (non-hydrogen) atoms. The third kappa shape index (κ3) is 5.21. The molecule has 0 spiro atoms. The predicted octanol–water partition coefficient (Wildman–Crippen LogP) is 5.76. The number of hydrogen-bond acceptors (Lipinski definition) is 6. The number of ether oxygens (including phenoxy) is 1. The fraction of sp³-hybridized carbons (Fsp3) is 0.304. The molecule has 3 N–H and O–H groups in total. The maximum Gasteiger partial charge on any atom is 0.237 e. The van der Waals surface area contributed by atoms with E-state index in [1.165, 1.54) is 30.4 Å². The van der Waals surface area contributed by atoms with Gasteiger partial charge in [-0.2, -0.15) is 4.98 Å². The Morgan fingerprint density at radius 3 is 2.69 bits per heavy atom. The normalized spacial score (nSPS) is 13.5. The zero-order valence-electron chi connectivity index (χ0n) is 16.8. The molecule has 0 atom stereocenters. The van der Waals surface area contributed by atoms with E-state index in [1.54, 1.807) is 0 Å². The average molecular weight is 407 g/mol. The molecule has 6 heteroatoms. The molecule has 1 aromatic heterocycles. The van der Waals surface area contributed by atoms with E-state index in [2.05, 4.69) is 41.8 Å². The first-order chi connectivity index (χ1) is 14.1. The zero-order valence-corrected chi connectivity index (χ0v) is 17.6. The number of aromatic nitrogens is 2. The number of hydrogen-bond donors (Lipinski definition) is 2. The van der Waals surface area contributed by atoms with Crippen molar-refractivity contribution in [1.29, 1.82) is 0 Å². The molecule has 1 aliphatic rings. The molecule has 0 saturated heterocycles. The highest BCUT2D eigenvalue weighted by atomic mass is 32.2. The first kappa shape index (κ1) is 19.6. The largest absolute Gasteiger partial charge is 0.477 e. The standard InChI is InChI=1S/C23H26N4OS/c1-15(2)19-8-3-4-9-20(19)21-13-22(28-14-16-10-11-16)26-23(25-21)27-29-18-7-5-6-17(24)12-18/h3-9,12-13,15-16H,10-11,14,24H2,1-2H3,(H,25,26,27). The lowest BCUT2D eigenvalue weighted by atomic mass is 9.95. The number of benzene rings is 2. The van der Waals surface area contributed by atoms with Gasteiger partial charge in [0.2, 0.25) is 11.8 Å². The van der Waals surface area contributed by atoms with Crippen LogP contribution < -0.4 is 15.2 Å². The summed E-state index contributed by atoms with van der Waals surface area (Å²) in [6.07, 6.45) is 2.48. The van der Waals surface area contributed by atoms with Crippen molar-refractivity contribution >= 4 is 23.6 Å². The van der Waals surface area contributed by atoms with Crippen LogP contribution in [0.2, 0.25) is 0 Å². The lowest BCUT2D eigenvalue weighted by molar-refractivity contribution is 0.288. The molecule has 0 radical (unpaired) electrons. The molecular weight excluding hydrogens is 380 g/mol. The van der Waals surface area contributed by atoms with Crippen LogP contribution >= 0.6 is 11.9 Å². The summed E-state index contributed by atoms with van der Waals surface area (Å²) in [5, 5.41) is 0. The van der Waals surface area contributed by atoms with Gasteiger partial charge in [0.15, 0.2) is 0 Å². The number of nitrogens with two attached hydrogens (primary N) is 1. The van der Waals surface area contributed by atoms with Crippen LogP contribution in [-0.2, 0) is 0 Å². The van der Waals surface area contributed by atoms with Gasteiger partial charge in [0.25, 0.3) is 0 Å². The third-order valence-electron chi connectivity index (χ3n) is 4.84. The summed E-state index contributed by atoms with van der Waals surface area (Å²) in [6.45, 7) is 5.10. The van der Waals surface area contributed by atoms with Crippen LogP contribution in [0.15, 0.2) is 59.5 Å². The van der Waals surface area contributed by atoms with Crippen molar-refractivity contribution in [1.82, 2.24) is 9.97 Å². The molecule has 150 valence electrons. The van der Waals surface area contributed by atoms with E-state index in [0.717, 1.165) is 21.8 Å². The van der Waals surface area contributed by atoms with Crippen molar-refractivity contribution < 1.29 is 4.74 Å². The predicted molar refractivity (Wildman–Crippen MR) is 120 cm³/mol. The lowest BCUT2D eigenvalue weighted by Gasteiger charge is -2.14. The first-order valence-electron chi connectivity index (χ1n) is 9.98. The maximum atomic E-state index is 5.98. The van der Waals surface area contributed by atoms with Gasteiger partial charge >= 0.3 is 0 Å². The van der Waals surface area contributed by atoms with Crippen LogP contribution in [0.4, 0.5) is 11.6 Å². The number of nitrogens with zero attached hydrogens (tertiary/aromatic N) is 2.